The van der Waals surface area contributed by atoms with Crippen molar-refractivity contribution in [2.75, 3.05) is 25.5 Å². The monoisotopic (exact) mass is 421 g/mol. The third-order valence-electron chi connectivity index (χ3n) is 5.82. The fraction of sp³-hybridized carbons (Fsp3) is 0.391. The van der Waals surface area contributed by atoms with Crippen LogP contribution in [0.1, 0.15) is 35.8 Å². The average Bonchev–Trinajstić information content (AvgIpc) is 3.25. The predicted molar refractivity (Wildman–Crippen MR) is 118 cm³/mol. The van der Waals surface area contributed by atoms with Gasteiger partial charge < -0.3 is 15.0 Å². The molecule has 0 saturated carbocycles. The summed E-state index contributed by atoms with van der Waals surface area (Å²) in [5.74, 6) is 0.573. The number of fused-ring (bicyclic) bond motifs is 1. The number of benzene rings is 1. The van der Waals surface area contributed by atoms with E-state index in [0.717, 1.165) is 23.2 Å². The van der Waals surface area contributed by atoms with Crippen molar-refractivity contribution in [2.45, 2.75) is 33.2 Å². The van der Waals surface area contributed by atoms with Crippen LogP contribution in [0.3, 0.4) is 0 Å². The Morgan fingerprint density at radius 2 is 2.00 bits per heavy atom. The van der Waals surface area contributed by atoms with E-state index < -0.39 is 0 Å². The molecule has 1 aromatic carbocycles. The van der Waals surface area contributed by atoms with Crippen LogP contribution in [0.5, 0.6) is 5.75 Å². The molecule has 1 fully saturated rings. The summed E-state index contributed by atoms with van der Waals surface area (Å²) in [5, 5.41) is 8.01. The van der Waals surface area contributed by atoms with E-state index in [4.69, 9.17) is 4.74 Å². The van der Waals surface area contributed by atoms with Gasteiger partial charge in [-0.1, -0.05) is 0 Å². The molecular weight excluding hydrogens is 394 g/mol. The van der Waals surface area contributed by atoms with Crippen LogP contribution < -0.4 is 10.1 Å². The summed E-state index contributed by atoms with van der Waals surface area (Å²) in [4.78, 5) is 32.2. The van der Waals surface area contributed by atoms with E-state index in [1.807, 2.05) is 49.2 Å². The molecule has 2 amide bonds. The Bertz CT molecular complexity index is 1120. The fourth-order valence-electron chi connectivity index (χ4n) is 3.95. The van der Waals surface area contributed by atoms with Crippen molar-refractivity contribution in [1.29, 1.82) is 0 Å². The minimum atomic E-state index is -0.114. The molecular formula is C23H27N5O3. The molecule has 1 N–H and O–H groups in total. The van der Waals surface area contributed by atoms with Crippen LogP contribution >= 0.6 is 0 Å². The van der Waals surface area contributed by atoms with Crippen molar-refractivity contribution in [1.82, 2.24) is 19.7 Å². The summed E-state index contributed by atoms with van der Waals surface area (Å²) in [6.07, 6.45) is 4.75. The molecule has 31 heavy (non-hydrogen) atoms. The van der Waals surface area contributed by atoms with Crippen molar-refractivity contribution in [3.05, 3.63) is 47.9 Å². The summed E-state index contributed by atoms with van der Waals surface area (Å²) in [6, 6.07) is 7.53. The summed E-state index contributed by atoms with van der Waals surface area (Å²) >= 11 is 0. The van der Waals surface area contributed by atoms with E-state index in [0.29, 0.717) is 42.9 Å². The van der Waals surface area contributed by atoms with Gasteiger partial charge in [0.2, 0.25) is 5.91 Å². The third-order valence-corrected chi connectivity index (χ3v) is 5.82. The van der Waals surface area contributed by atoms with Crippen LogP contribution in [0.25, 0.3) is 10.9 Å². The fourth-order valence-corrected chi connectivity index (χ4v) is 3.95. The summed E-state index contributed by atoms with van der Waals surface area (Å²) < 4.78 is 7.03. The van der Waals surface area contributed by atoms with E-state index in [2.05, 4.69) is 15.4 Å². The molecule has 0 atom stereocenters. The van der Waals surface area contributed by atoms with Crippen molar-refractivity contribution in [2.24, 2.45) is 5.92 Å². The van der Waals surface area contributed by atoms with Crippen LogP contribution in [0, 0.1) is 12.8 Å². The van der Waals surface area contributed by atoms with E-state index in [-0.39, 0.29) is 17.7 Å². The van der Waals surface area contributed by atoms with Gasteiger partial charge in [0.05, 0.1) is 35.8 Å². The molecule has 3 aromatic rings. The zero-order chi connectivity index (χ0) is 22.0. The molecule has 2 aromatic heterocycles. The molecule has 4 rings (SSSR count). The Kier molecular flexibility index (Phi) is 5.88. The Labute approximate surface area is 181 Å². The highest BCUT2D eigenvalue weighted by Crippen LogP contribution is 2.25. The van der Waals surface area contributed by atoms with E-state index in [1.54, 1.807) is 18.0 Å². The van der Waals surface area contributed by atoms with Crippen LogP contribution in [0.4, 0.5) is 5.69 Å². The Hall–Kier alpha value is -3.42. The number of aromatic nitrogens is 3. The second-order valence-corrected chi connectivity index (χ2v) is 7.82. The van der Waals surface area contributed by atoms with Crippen molar-refractivity contribution in [3.63, 3.8) is 0 Å². The minimum absolute atomic E-state index is 0.0137. The first-order valence-electron chi connectivity index (χ1n) is 10.6. The van der Waals surface area contributed by atoms with Crippen LogP contribution in [-0.4, -0.2) is 51.7 Å². The number of pyridine rings is 1. The number of piperidine rings is 1. The van der Waals surface area contributed by atoms with E-state index in [9.17, 15) is 9.59 Å². The molecule has 0 radical (unpaired) electrons. The smallest absolute Gasteiger partial charge is 0.255 e. The molecule has 1 aliphatic rings. The van der Waals surface area contributed by atoms with Gasteiger partial charge in [0.15, 0.2) is 0 Å². The zero-order valence-corrected chi connectivity index (χ0v) is 18.1. The first-order valence-corrected chi connectivity index (χ1v) is 10.6. The maximum atomic E-state index is 13.1. The number of amides is 2. The largest absolute Gasteiger partial charge is 0.497 e. The number of rotatable bonds is 5. The second-order valence-electron chi connectivity index (χ2n) is 7.82. The standard InChI is InChI=1S/C23H27N5O3/c1-4-28-14-18(13-24-28)26-22(29)16-7-9-27(10-8-16)23(30)20-11-17-5-6-19(31-3)12-21(17)25-15(20)2/h5-6,11-14,16H,4,7-10H2,1-3H3,(H,26,29). The molecule has 8 heteroatoms. The number of anilines is 1. The van der Waals surface area contributed by atoms with Gasteiger partial charge in [-0.3, -0.25) is 19.3 Å². The van der Waals surface area contributed by atoms with E-state index in [1.165, 1.54) is 0 Å². The number of methoxy groups -OCH3 is 1. The lowest BCUT2D eigenvalue weighted by atomic mass is 9.95. The zero-order valence-electron chi connectivity index (χ0n) is 18.1. The quantitative estimate of drug-likeness (QED) is 0.683. The number of nitrogens with zero attached hydrogens (tertiary/aromatic N) is 4. The van der Waals surface area contributed by atoms with Gasteiger partial charge in [-0.25, -0.2) is 0 Å². The lowest BCUT2D eigenvalue weighted by Crippen LogP contribution is -2.41. The molecule has 1 saturated heterocycles. The first kappa shape index (κ1) is 20.8. The van der Waals surface area contributed by atoms with Gasteiger partial charge >= 0.3 is 0 Å². The topological polar surface area (TPSA) is 89.4 Å². The highest BCUT2D eigenvalue weighted by atomic mass is 16.5. The molecule has 0 bridgehead atoms. The Morgan fingerprint density at radius 3 is 2.68 bits per heavy atom. The molecule has 0 spiro atoms. The number of ether oxygens (including phenoxy) is 1. The molecule has 1 aliphatic heterocycles. The van der Waals surface area contributed by atoms with Gasteiger partial charge in [-0.2, -0.15) is 5.10 Å². The van der Waals surface area contributed by atoms with Gasteiger partial charge in [0.25, 0.3) is 5.91 Å². The number of hydrogen-bond donors (Lipinski definition) is 1. The Balaban J connectivity index is 1.40. The van der Waals surface area contributed by atoms with Gasteiger partial charge in [-0.05, 0) is 44.9 Å². The lowest BCUT2D eigenvalue weighted by Gasteiger charge is -2.31. The number of nitrogens with one attached hydrogen (secondary N) is 1. The number of hydrogen-bond acceptors (Lipinski definition) is 5. The van der Waals surface area contributed by atoms with Crippen LogP contribution in [0.2, 0.25) is 0 Å². The first-order chi connectivity index (χ1) is 15.0. The van der Waals surface area contributed by atoms with Gasteiger partial charge in [0.1, 0.15) is 5.75 Å². The molecule has 3 heterocycles. The average molecular weight is 422 g/mol. The summed E-state index contributed by atoms with van der Waals surface area (Å²) in [7, 11) is 1.62. The highest BCUT2D eigenvalue weighted by molar-refractivity contribution is 5.99. The minimum Gasteiger partial charge on any atom is -0.497 e. The van der Waals surface area contributed by atoms with Gasteiger partial charge in [0, 0.05) is 43.2 Å². The van der Waals surface area contributed by atoms with E-state index >= 15 is 0 Å². The van der Waals surface area contributed by atoms with Crippen LogP contribution in [-0.2, 0) is 11.3 Å². The predicted octanol–water partition coefficient (Wildman–Crippen LogP) is 3.26. The van der Waals surface area contributed by atoms with Crippen molar-refractivity contribution in [3.8, 4) is 5.75 Å². The molecule has 0 aliphatic carbocycles. The number of carbonyl (C=O) groups excluding carboxylic acids is 2. The maximum absolute atomic E-state index is 13.1. The normalized spacial score (nSPS) is 14.6. The SMILES string of the molecule is CCn1cc(NC(=O)C2CCN(C(=O)c3cc4ccc(OC)cc4nc3C)CC2)cn1. The highest BCUT2D eigenvalue weighted by Gasteiger charge is 2.29. The second kappa shape index (κ2) is 8.75. The molecule has 0 unspecified atom stereocenters. The Morgan fingerprint density at radius 1 is 1.23 bits per heavy atom. The third kappa shape index (κ3) is 4.38. The maximum Gasteiger partial charge on any atom is 0.255 e. The van der Waals surface area contributed by atoms with Crippen LogP contribution in [0.15, 0.2) is 36.7 Å². The number of likely N-dealkylation sites (tertiary alicyclic amines) is 1. The number of carbonyl (C=O) groups is 2. The molecule has 162 valence electrons. The number of aryl methyl sites for hydroxylation is 2. The summed E-state index contributed by atoms with van der Waals surface area (Å²) in [5.41, 5.74) is 2.81. The van der Waals surface area contributed by atoms with Crippen molar-refractivity contribution < 1.29 is 14.3 Å². The van der Waals surface area contributed by atoms with Crippen molar-refractivity contribution >= 4 is 28.4 Å². The lowest BCUT2D eigenvalue weighted by molar-refractivity contribution is -0.121. The summed E-state index contributed by atoms with van der Waals surface area (Å²) in [6.45, 7) is 5.70. The van der Waals surface area contributed by atoms with Gasteiger partial charge in [-0.15, -0.1) is 0 Å². The molecule has 8 nitrogen and oxygen atoms in total.